The van der Waals surface area contributed by atoms with Crippen molar-refractivity contribution in [2.24, 2.45) is 0 Å². The molecule has 0 unspecified atom stereocenters. The van der Waals surface area contributed by atoms with E-state index in [-0.39, 0.29) is 23.7 Å². The molecule has 0 aromatic heterocycles. The summed E-state index contributed by atoms with van der Waals surface area (Å²) >= 11 is 0. The minimum atomic E-state index is -4.45. The molecule has 0 radical (unpaired) electrons. The highest BCUT2D eigenvalue weighted by Gasteiger charge is 2.32. The van der Waals surface area contributed by atoms with Crippen molar-refractivity contribution in [1.82, 2.24) is 0 Å². The quantitative estimate of drug-likeness (QED) is 0.555. The van der Waals surface area contributed by atoms with Gasteiger partial charge in [-0.3, -0.25) is 4.79 Å². The number of benzene rings is 2. The molecule has 2 aromatic carbocycles. The van der Waals surface area contributed by atoms with Gasteiger partial charge in [-0.1, -0.05) is 18.6 Å². The molecule has 1 fully saturated rings. The van der Waals surface area contributed by atoms with Gasteiger partial charge in [-0.2, -0.15) is 13.2 Å². The molecule has 176 valence electrons. The third-order valence-corrected chi connectivity index (χ3v) is 6.71. The Morgan fingerprint density at radius 1 is 1.06 bits per heavy atom. The van der Waals surface area contributed by atoms with Crippen molar-refractivity contribution >= 4 is 17.7 Å². The van der Waals surface area contributed by atoms with Crippen LogP contribution in [-0.2, 0) is 17.5 Å². The lowest BCUT2D eigenvalue weighted by Crippen LogP contribution is -2.48. The molecule has 4 nitrogen and oxygen atoms in total. The number of carbonyl (C=O) groups excluding carboxylic acids is 1. The number of quaternary nitrogens is 1. The van der Waals surface area contributed by atoms with E-state index in [2.05, 4.69) is 19.4 Å². The normalized spacial score (nSPS) is 17.1. The van der Waals surface area contributed by atoms with Crippen LogP contribution in [-0.4, -0.2) is 37.1 Å². The molecule has 1 N–H and O–H groups in total. The molecular formula is C26H30F3N2O2+. The average Bonchev–Trinajstić information content (AvgIpc) is 2.79. The summed E-state index contributed by atoms with van der Waals surface area (Å²) in [6.07, 6.45) is 3.49. The lowest BCUT2D eigenvalue weighted by molar-refractivity contribution is -0.929. The number of fused-ring (bicyclic) bond motifs is 1. The number of alkyl halides is 3. The van der Waals surface area contributed by atoms with Gasteiger partial charge in [0.15, 0.2) is 0 Å². The van der Waals surface area contributed by atoms with Crippen molar-refractivity contribution in [3.05, 3.63) is 64.7 Å². The van der Waals surface area contributed by atoms with Gasteiger partial charge in [-0.25, -0.2) is 0 Å². The van der Waals surface area contributed by atoms with E-state index in [4.69, 9.17) is 4.74 Å². The fourth-order valence-corrected chi connectivity index (χ4v) is 4.77. The Balaban J connectivity index is 1.41. The second-order valence-corrected chi connectivity index (χ2v) is 9.59. The predicted octanol–water partition coefficient (Wildman–Crippen LogP) is 6.03. The SMILES string of the molecule is C[N+](C)(Cc1ccc(NC(=O)C2=Cc3cc(C(F)(F)F)ccc3OC2)cc1)C1CCCCC1. The van der Waals surface area contributed by atoms with Crippen molar-refractivity contribution in [3.63, 3.8) is 0 Å². The van der Waals surface area contributed by atoms with E-state index in [1.807, 2.05) is 24.3 Å². The molecule has 0 bridgehead atoms. The lowest BCUT2D eigenvalue weighted by atomic mass is 9.92. The topological polar surface area (TPSA) is 38.3 Å². The summed E-state index contributed by atoms with van der Waals surface area (Å²) in [7, 11) is 4.56. The standard InChI is InChI=1S/C26H29F3N2O2/c1-31(2,23-6-4-3-5-7-23)16-18-8-11-22(12-9-18)30-25(32)20-14-19-15-21(26(27,28)29)10-13-24(19)33-17-20/h8-15,23H,3-7,16-17H2,1-2H3/p+1. The number of ether oxygens (including phenoxy) is 1. The molecule has 2 aromatic rings. The van der Waals surface area contributed by atoms with Gasteiger partial charge in [0.2, 0.25) is 0 Å². The smallest absolute Gasteiger partial charge is 0.416 e. The van der Waals surface area contributed by atoms with Crippen LogP contribution in [0, 0.1) is 0 Å². The summed E-state index contributed by atoms with van der Waals surface area (Å²) < 4.78 is 45.5. The first-order valence-electron chi connectivity index (χ1n) is 11.4. The van der Waals surface area contributed by atoms with Crippen LogP contribution in [0.4, 0.5) is 18.9 Å². The van der Waals surface area contributed by atoms with Crippen LogP contribution in [0.5, 0.6) is 5.75 Å². The van der Waals surface area contributed by atoms with Crippen LogP contribution in [0.2, 0.25) is 0 Å². The van der Waals surface area contributed by atoms with Gasteiger partial charge in [0.25, 0.3) is 5.91 Å². The molecule has 1 amide bonds. The second kappa shape index (κ2) is 9.21. The van der Waals surface area contributed by atoms with Gasteiger partial charge in [-0.15, -0.1) is 0 Å². The van der Waals surface area contributed by atoms with Crippen LogP contribution in [0.3, 0.4) is 0 Å². The van der Waals surface area contributed by atoms with Crippen molar-refractivity contribution in [2.45, 2.75) is 50.9 Å². The van der Waals surface area contributed by atoms with E-state index in [9.17, 15) is 18.0 Å². The molecule has 0 atom stereocenters. The molecule has 0 saturated heterocycles. The number of hydrogen-bond acceptors (Lipinski definition) is 2. The molecule has 1 aliphatic carbocycles. The van der Waals surface area contributed by atoms with Gasteiger partial charge in [0, 0.05) is 16.8 Å². The zero-order valence-corrected chi connectivity index (χ0v) is 19.0. The first kappa shape index (κ1) is 23.4. The zero-order valence-electron chi connectivity index (χ0n) is 19.0. The summed E-state index contributed by atoms with van der Waals surface area (Å²) in [6.45, 7) is 0.936. The number of carbonyl (C=O) groups is 1. The Hall–Kier alpha value is -2.80. The Bertz CT molecular complexity index is 1040. The van der Waals surface area contributed by atoms with Crippen LogP contribution in [0.1, 0.15) is 48.8 Å². The van der Waals surface area contributed by atoms with Gasteiger partial charge in [-0.05, 0) is 62.1 Å². The highest BCUT2D eigenvalue weighted by molar-refractivity contribution is 6.07. The summed E-state index contributed by atoms with van der Waals surface area (Å²) in [5.41, 5.74) is 1.60. The van der Waals surface area contributed by atoms with Gasteiger partial charge >= 0.3 is 6.18 Å². The molecule has 1 saturated carbocycles. The molecule has 7 heteroatoms. The first-order chi connectivity index (χ1) is 15.6. The number of amides is 1. The number of anilines is 1. The van der Waals surface area contributed by atoms with E-state index in [1.165, 1.54) is 49.8 Å². The lowest BCUT2D eigenvalue weighted by Gasteiger charge is -2.40. The highest BCUT2D eigenvalue weighted by Crippen LogP contribution is 2.35. The number of hydrogen-bond donors (Lipinski definition) is 1. The van der Waals surface area contributed by atoms with Gasteiger partial charge in [0.05, 0.1) is 31.3 Å². The van der Waals surface area contributed by atoms with Crippen LogP contribution in [0.25, 0.3) is 6.08 Å². The summed E-state index contributed by atoms with van der Waals surface area (Å²) in [5.74, 6) is -0.0493. The fraction of sp³-hybridized carbons (Fsp3) is 0.423. The Morgan fingerprint density at radius 3 is 2.42 bits per heavy atom. The Kier molecular flexibility index (Phi) is 6.52. The molecule has 4 rings (SSSR count). The van der Waals surface area contributed by atoms with Crippen molar-refractivity contribution in [2.75, 3.05) is 26.0 Å². The maximum absolute atomic E-state index is 13.0. The van der Waals surface area contributed by atoms with E-state index in [0.29, 0.717) is 17.5 Å². The summed E-state index contributed by atoms with van der Waals surface area (Å²) in [4.78, 5) is 12.7. The average molecular weight is 460 g/mol. The summed E-state index contributed by atoms with van der Waals surface area (Å²) in [6, 6.07) is 11.7. The minimum absolute atomic E-state index is 0.00927. The molecule has 2 aliphatic rings. The van der Waals surface area contributed by atoms with E-state index >= 15 is 0 Å². The first-order valence-corrected chi connectivity index (χ1v) is 11.4. The monoisotopic (exact) mass is 459 g/mol. The molecule has 0 spiro atoms. The summed E-state index contributed by atoms with van der Waals surface area (Å²) in [5, 5.41) is 2.83. The maximum Gasteiger partial charge on any atom is 0.416 e. The number of nitrogens with zero attached hydrogens (tertiary/aromatic N) is 1. The molecular weight excluding hydrogens is 429 g/mol. The van der Waals surface area contributed by atoms with E-state index in [0.717, 1.165) is 23.2 Å². The third kappa shape index (κ3) is 5.58. The van der Waals surface area contributed by atoms with Crippen molar-refractivity contribution in [3.8, 4) is 5.75 Å². The molecule has 1 aliphatic heterocycles. The third-order valence-electron chi connectivity index (χ3n) is 6.71. The minimum Gasteiger partial charge on any atom is -0.488 e. The maximum atomic E-state index is 13.0. The van der Waals surface area contributed by atoms with E-state index < -0.39 is 11.7 Å². The molecule has 33 heavy (non-hydrogen) atoms. The highest BCUT2D eigenvalue weighted by atomic mass is 19.4. The Labute approximate surface area is 192 Å². The number of rotatable bonds is 5. The second-order valence-electron chi connectivity index (χ2n) is 9.59. The van der Waals surface area contributed by atoms with Gasteiger partial charge < -0.3 is 14.5 Å². The predicted molar refractivity (Wildman–Crippen MR) is 123 cm³/mol. The fourth-order valence-electron chi connectivity index (χ4n) is 4.77. The number of halogens is 3. The largest absolute Gasteiger partial charge is 0.488 e. The Morgan fingerprint density at radius 2 is 1.76 bits per heavy atom. The number of nitrogens with one attached hydrogen (secondary N) is 1. The molecule has 1 heterocycles. The van der Waals surface area contributed by atoms with Crippen molar-refractivity contribution in [1.29, 1.82) is 0 Å². The van der Waals surface area contributed by atoms with Gasteiger partial charge in [0.1, 0.15) is 18.9 Å². The van der Waals surface area contributed by atoms with E-state index in [1.54, 1.807) is 0 Å². The van der Waals surface area contributed by atoms with Crippen LogP contribution >= 0.6 is 0 Å². The van der Waals surface area contributed by atoms with Crippen LogP contribution in [0.15, 0.2) is 48.0 Å². The van der Waals surface area contributed by atoms with Crippen molar-refractivity contribution < 1.29 is 27.2 Å². The van der Waals surface area contributed by atoms with Crippen LogP contribution < -0.4 is 10.1 Å². The zero-order chi connectivity index (χ0) is 23.6.